The second kappa shape index (κ2) is 5.28. The van der Waals surface area contributed by atoms with Crippen molar-refractivity contribution in [2.75, 3.05) is 16.8 Å². The van der Waals surface area contributed by atoms with E-state index in [9.17, 15) is 13.2 Å². The van der Waals surface area contributed by atoms with E-state index >= 15 is 0 Å². The Morgan fingerprint density at radius 3 is 2.83 bits per heavy atom. The summed E-state index contributed by atoms with van der Waals surface area (Å²) >= 11 is 5.71. The number of alkyl halides is 1. The third kappa shape index (κ3) is 3.23. The van der Waals surface area contributed by atoms with Gasteiger partial charge in [-0.3, -0.25) is 4.79 Å². The molecule has 2 rings (SSSR count). The van der Waals surface area contributed by atoms with Crippen molar-refractivity contribution >= 4 is 33.0 Å². The van der Waals surface area contributed by atoms with Gasteiger partial charge < -0.3 is 5.32 Å². The van der Waals surface area contributed by atoms with Gasteiger partial charge in [0, 0.05) is 11.6 Å². The number of benzene rings is 1. The van der Waals surface area contributed by atoms with Crippen LogP contribution in [0.15, 0.2) is 24.3 Å². The molecule has 0 spiro atoms. The van der Waals surface area contributed by atoms with Crippen molar-refractivity contribution in [2.24, 2.45) is 5.92 Å². The van der Waals surface area contributed by atoms with Crippen molar-refractivity contribution in [3.63, 3.8) is 0 Å². The fraction of sp³-hybridized carbons (Fsp3) is 0.417. The van der Waals surface area contributed by atoms with Crippen molar-refractivity contribution < 1.29 is 13.2 Å². The summed E-state index contributed by atoms with van der Waals surface area (Å²) in [5.74, 6) is -0.236. The molecule has 18 heavy (non-hydrogen) atoms. The number of sulfone groups is 1. The molecule has 1 fully saturated rings. The van der Waals surface area contributed by atoms with E-state index in [-0.39, 0.29) is 17.4 Å². The van der Waals surface area contributed by atoms with Crippen LogP contribution in [-0.4, -0.2) is 25.8 Å². The van der Waals surface area contributed by atoms with Crippen LogP contribution in [0.3, 0.4) is 0 Å². The summed E-state index contributed by atoms with van der Waals surface area (Å²) in [5.41, 5.74) is 1.57. The van der Waals surface area contributed by atoms with Crippen LogP contribution in [0.1, 0.15) is 12.0 Å². The lowest BCUT2D eigenvalue weighted by molar-refractivity contribution is -0.119. The molecule has 1 heterocycles. The van der Waals surface area contributed by atoms with Gasteiger partial charge in [-0.1, -0.05) is 12.1 Å². The van der Waals surface area contributed by atoms with Gasteiger partial charge in [-0.15, -0.1) is 11.6 Å². The Labute approximate surface area is 111 Å². The van der Waals surface area contributed by atoms with Gasteiger partial charge in [-0.2, -0.15) is 0 Å². The van der Waals surface area contributed by atoms with Gasteiger partial charge in [0.1, 0.15) is 0 Å². The van der Waals surface area contributed by atoms with Gasteiger partial charge >= 0.3 is 0 Å². The molecule has 1 aliphatic heterocycles. The highest BCUT2D eigenvalue weighted by atomic mass is 35.5. The minimum atomic E-state index is -3.03. The lowest BCUT2D eigenvalue weighted by Gasteiger charge is -2.10. The number of amides is 1. The lowest BCUT2D eigenvalue weighted by Crippen LogP contribution is -2.23. The molecular weight excluding hydrogens is 274 g/mol. The summed E-state index contributed by atoms with van der Waals surface area (Å²) in [6, 6.07) is 7.22. The van der Waals surface area contributed by atoms with Crippen LogP contribution in [0.25, 0.3) is 0 Å². The maximum Gasteiger partial charge on any atom is 0.228 e. The minimum absolute atomic E-state index is 0.0476. The Morgan fingerprint density at radius 2 is 2.22 bits per heavy atom. The molecule has 0 aromatic heterocycles. The van der Waals surface area contributed by atoms with Gasteiger partial charge in [0.05, 0.1) is 17.4 Å². The van der Waals surface area contributed by atoms with E-state index in [1.807, 2.05) is 6.07 Å². The van der Waals surface area contributed by atoms with E-state index in [1.165, 1.54) is 0 Å². The molecule has 1 amide bonds. The molecule has 1 N–H and O–H groups in total. The molecule has 1 unspecified atom stereocenters. The summed E-state index contributed by atoms with van der Waals surface area (Å²) < 4.78 is 22.6. The Kier molecular flexibility index (Phi) is 3.92. The first-order valence-electron chi connectivity index (χ1n) is 5.66. The maximum atomic E-state index is 11.9. The number of carbonyl (C=O) groups excluding carboxylic acids is 1. The largest absolute Gasteiger partial charge is 0.326 e. The summed E-state index contributed by atoms with van der Waals surface area (Å²) in [6.45, 7) is 0. The number of rotatable bonds is 3. The highest BCUT2D eigenvalue weighted by Gasteiger charge is 2.32. The van der Waals surface area contributed by atoms with E-state index in [0.717, 1.165) is 5.56 Å². The van der Waals surface area contributed by atoms with Crippen LogP contribution in [-0.2, 0) is 20.5 Å². The number of carbonyl (C=O) groups is 1. The quantitative estimate of drug-likeness (QED) is 0.862. The van der Waals surface area contributed by atoms with Crippen molar-refractivity contribution in [2.45, 2.75) is 12.3 Å². The van der Waals surface area contributed by atoms with Crippen LogP contribution in [0.2, 0.25) is 0 Å². The van der Waals surface area contributed by atoms with E-state index < -0.39 is 15.8 Å². The molecule has 0 bridgehead atoms. The zero-order valence-electron chi connectivity index (χ0n) is 9.73. The van der Waals surface area contributed by atoms with E-state index in [0.29, 0.717) is 18.0 Å². The smallest absolute Gasteiger partial charge is 0.228 e. The molecule has 0 aliphatic carbocycles. The topological polar surface area (TPSA) is 63.2 Å². The van der Waals surface area contributed by atoms with E-state index in [4.69, 9.17) is 11.6 Å². The highest BCUT2D eigenvalue weighted by molar-refractivity contribution is 7.91. The van der Waals surface area contributed by atoms with Crippen LogP contribution in [0, 0.1) is 5.92 Å². The van der Waals surface area contributed by atoms with Crippen molar-refractivity contribution in [3.8, 4) is 0 Å². The molecule has 0 saturated carbocycles. The van der Waals surface area contributed by atoms with Gasteiger partial charge in [0.2, 0.25) is 5.91 Å². The molecule has 1 aliphatic rings. The van der Waals surface area contributed by atoms with Crippen molar-refractivity contribution in [3.05, 3.63) is 29.8 Å². The molecule has 98 valence electrons. The molecule has 6 heteroatoms. The zero-order valence-corrected chi connectivity index (χ0v) is 11.3. The standard InChI is InChI=1S/C12H14ClNO3S/c13-7-9-2-1-3-11(6-9)14-12(15)10-4-5-18(16,17)8-10/h1-3,6,10H,4-5,7-8H2,(H,14,15). The SMILES string of the molecule is O=C(Nc1cccc(CCl)c1)C1CCS(=O)(=O)C1. The summed E-state index contributed by atoms with van der Waals surface area (Å²) in [7, 11) is -3.03. The average molecular weight is 288 g/mol. The van der Waals surface area contributed by atoms with Crippen LogP contribution < -0.4 is 5.32 Å². The molecule has 1 atom stereocenters. The van der Waals surface area contributed by atoms with Gasteiger partial charge in [0.25, 0.3) is 0 Å². The fourth-order valence-corrected chi connectivity index (χ4v) is 3.89. The van der Waals surface area contributed by atoms with E-state index in [2.05, 4.69) is 5.32 Å². The summed E-state index contributed by atoms with van der Waals surface area (Å²) in [6.07, 6.45) is 0.406. The number of halogens is 1. The molecule has 4 nitrogen and oxygen atoms in total. The Balaban J connectivity index is 2.03. The first-order chi connectivity index (χ1) is 8.50. The van der Waals surface area contributed by atoms with Gasteiger partial charge in [0.15, 0.2) is 9.84 Å². The highest BCUT2D eigenvalue weighted by Crippen LogP contribution is 2.21. The Hall–Kier alpha value is -1.07. The van der Waals surface area contributed by atoms with Crippen LogP contribution in [0.4, 0.5) is 5.69 Å². The predicted octanol–water partition coefficient (Wildman–Crippen LogP) is 1.80. The number of hydrogen-bond donors (Lipinski definition) is 1. The summed E-state index contributed by atoms with van der Waals surface area (Å²) in [5, 5.41) is 2.73. The molecule has 1 saturated heterocycles. The Bertz CT molecular complexity index is 556. The minimum Gasteiger partial charge on any atom is -0.326 e. The second-order valence-corrected chi connectivity index (χ2v) is 6.92. The predicted molar refractivity (Wildman–Crippen MR) is 71.4 cm³/mol. The average Bonchev–Trinajstić information content (AvgIpc) is 2.70. The van der Waals surface area contributed by atoms with Crippen LogP contribution in [0.5, 0.6) is 0 Å². The fourth-order valence-electron chi connectivity index (χ4n) is 1.98. The molecule has 1 aromatic rings. The third-order valence-electron chi connectivity index (χ3n) is 2.95. The van der Waals surface area contributed by atoms with Gasteiger partial charge in [-0.05, 0) is 24.1 Å². The number of hydrogen-bond acceptors (Lipinski definition) is 3. The summed E-state index contributed by atoms with van der Waals surface area (Å²) in [4.78, 5) is 11.9. The monoisotopic (exact) mass is 287 g/mol. The second-order valence-electron chi connectivity index (χ2n) is 4.42. The van der Waals surface area contributed by atoms with Crippen LogP contribution >= 0.6 is 11.6 Å². The van der Waals surface area contributed by atoms with Gasteiger partial charge in [-0.25, -0.2) is 8.42 Å². The third-order valence-corrected chi connectivity index (χ3v) is 5.03. The van der Waals surface area contributed by atoms with E-state index in [1.54, 1.807) is 18.2 Å². The maximum absolute atomic E-state index is 11.9. The number of anilines is 1. The lowest BCUT2D eigenvalue weighted by atomic mass is 10.1. The molecule has 0 radical (unpaired) electrons. The zero-order chi connectivity index (χ0) is 13.2. The molecular formula is C12H14ClNO3S. The Morgan fingerprint density at radius 1 is 1.44 bits per heavy atom. The molecule has 1 aromatic carbocycles. The number of nitrogens with one attached hydrogen (secondary N) is 1. The van der Waals surface area contributed by atoms with Crippen molar-refractivity contribution in [1.29, 1.82) is 0 Å². The first-order valence-corrected chi connectivity index (χ1v) is 8.02. The first kappa shape index (κ1) is 13.4. The van der Waals surface area contributed by atoms with Crippen molar-refractivity contribution in [1.82, 2.24) is 0 Å². The normalized spacial score (nSPS) is 21.7.